The molecular weight excluding hydrogens is 162 g/mol. The van der Waals surface area contributed by atoms with E-state index in [0.29, 0.717) is 0 Å². The fourth-order valence-electron chi connectivity index (χ4n) is 1.83. The number of hydrogen-bond donors (Lipinski definition) is 1. The zero-order chi connectivity index (χ0) is 9.52. The zero-order valence-electron chi connectivity index (χ0n) is 8.84. The first-order valence-corrected chi connectivity index (χ1v) is 5.44. The lowest BCUT2D eigenvalue weighted by Crippen LogP contribution is -2.37. The molecule has 78 valence electrons. The molecule has 13 heavy (non-hydrogen) atoms. The van der Waals surface area contributed by atoms with E-state index in [1.54, 1.807) is 0 Å². The minimum Gasteiger partial charge on any atom is -0.329 e. The van der Waals surface area contributed by atoms with Gasteiger partial charge >= 0.3 is 0 Å². The van der Waals surface area contributed by atoms with Gasteiger partial charge in [0.05, 0.1) is 0 Å². The SMILES string of the molecule is CN(CCN)CCN1CCCCC1. The van der Waals surface area contributed by atoms with Crippen molar-refractivity contribution in [3.63, 3.8) is 0 Å². The highest BCUT2D eigenvalue weighted by molar-refractivity contribution is 4.66. The molecule has 1 fully saturated rings. The summed E-state index contributed by atoms with van der Waals surface area (Å²) in [4.78, 5) is 4.88. The predicted molar refractivity (Wildman–Crippen MR) is 56.8 cm³/mol. The van der Waals surface area contributed by atoms with E-state index in [-0.39, 0.29) is 0 Å². The third kappa shape index (κ3) is 4.60. The average Bonchev–Trinajstić information content (AvgIpc) is 2.17. The number of nitrogens with two attached hydrogens (primary N) is 1. The number of likely N-dealkylation sites (N-methyl/N-ethyl adjacent to an activating group) is 1. The van der Waals surface area contributed by atoms with E-state index >= 15 is 0 Å². The Labute approximate surface area is 81.9 Å². The van der Waals surface area contributed by atoms with Gasteiger partial charge in [-0.2, -0.15) is 0 Å². The molecule has 0 bridgehead atoms. The Kier molecular flexibility index (Phi) is 5.35. The summed E-state index contributed by atoms with van der Waals surface area (Å²) in [7, 11) is 2.15. The molecule has 1 saturated heterocycles. The average molecular weight is 185 g/mol. The highest BCUT2D eigenvalue weighted by atomic mass is 15.2. The second kappa shape index (κ2) is 6.35. The first-order chi connectivity index (χ1) is 6.33. The van der Waals surface area contributed by atoms with E-state index in [1.165, 1.54) is 38.9 Å². The van der Waals surface area contributed by atoms with Crippen LogP contribution in [0.5, 0.6) is 0 Å². The molecular formula is C10H23N3. The number of piperidine rings is 1. The van der Waals surface area contributed by atoms with E-state index in [1.807, 2.05) is 0 Å². The van der Waals surface area contributed by atoms with Gasteiger partial charge in [0.15, 0.2) is 0 Å². The van der Waals surface area contributed by atoms with Crippen LogP contribution < -0.4 is 5.73 Å². The van der Waals surface area contributed by atoms with Crippen LogP contribution in [0.25, 0.3) is 0 Å². The molecule has 0 aromatic rings. The van der Waals surface area contributed by atoms with Gasteiger partial charge in [0.1, 0.15) is 0 Å². The summed E-state index contributed by atoms with van der Waals surface area (Å²) >= 11 is 0. The smallest absolute Gasteiger partial charge is 0.0109 e. The molecule has 1 rings (SSSR count). The Morgan fingerprint density at radius 3 is 2.46 bits per heavy atom. The quantitative estimate of drug-likeness (QED) is 0.671. The third-order valence-corrected chi connectivity index (χ3v) is 2.76. The second-order valence-corrected chi connectivity index (χ2v) is 3.99. The number of rotatable bonds is 5. The molecule has 3 nitrogen and oxygen atoms in total. The summed E-state index contributed by atoms with van der Waals surface area (Å²) in [5, 5.41) is 0. The van der Waals surface area contributed by atoms with Gasteiger partial charge in [-0.25, -0.2) is 0 Å². The topological polar surface area (TPSA) is 32.5 Å². The van der Waals surface area contributed by atoms with Crippen LogP contribution in [0.4, 0.5) is 0 Å². The van der Waals surface area contributed by atoms with Gasteiger partial charge in [-0.15, -0.1) is 0 Å². The summed E-state index contributed by atoms with van der Waals surface area (Å²) < 4.78 is 0. The molecule has 0 aliphatic carbocycles. The molecule has 0 spiro atoms. The first kappa shape index (κ1) is 11.0. The fraction of sp³-hybridized carbons (Fsp3) is 1.00. The maximum absolute atomic E-state index is 5.48. The van der Waals surface area contributed by atoms with Gasteiger partial charge < -0.3 is 15.5 Å². The molecule has 2 N–H and O–H groups in total. The molecule has 0 atom stereocenters. The van der Waals surface area contributed by atoms with Crippen molar-refractivity contribution in [1.29, 1.82) is 0 Å². The number of likely N-dealkylation sites (tertiary alicyclic amines) is 1. The first-order valence-electron chi connectivity index (χ1n) is 5.44. The van der Waals surface area contributed by atoms with Crippen LogP contribution >= 0.6 is 0 Å². The summed E-state index contributed by atoms with van der Waals surface area (Å²) in [5.74, 6) is 0. The van der Waals surface area contributed by atoms with Crippen LogP contribution in [0.1, 0.15) is 19.3 Å². The van der Waals surface area contributed by atoms with Gasteiger partial charge in [-0.05, 0) is 33.0 Å². The van der Waals surface area contributed by atoms with Crippen LogP contribution in [0, 0.1) is 0 Å². The van der Waals surface area contributed by atoms with Gasteiger partial charge in [0.25, 0.3) is 0 Å². The molecule has 0 radical (unpaired) electrons. The Morgan fingerprint density at radius 1 is 1.15 bits per heavy atom. The van der Waals surface area contributed by atoms with Crippen LogP contribution in [-0.4, -0.2) is 56.1 Å². The Balaban J connectivity index is 2.03. The molecule has 0 aromatic carbocycles. The van der Waals surface area contributed by atoms with Gasteiger partial charge in [-0.3, -0.25) is 0 Å². The van der Waals surface area contributed by atoms with E-state index in [4.69, 9.17) is 5.73 Å². The Hall–Kier alpha value is -0.120. The molecule has 0 unspecified atom stereocenters. The minimum atomic E-state index is 0.774. The molecule has 1 aliphatic heterocycles. The van der Waals surface area contributed by atoms with Crippen molar-refractivity contribution in [3.8, 4) is 0 Å². The van der Waals surface area contributed by atoms with Crippen molar-refractivity contribution in [2.24, 2.45) is 5.73 Å². The molecule has 1 heterocycles. The Morgan fingerprint density at radius 2 is 1.85 bits per heavy atom. The molecule has 0 amide bonds. The summed E-state index contributed by atoms with van der Waals surface area (Å²) in [6.07, 6.45) is 4.20. The highest BCUT2D eigenvalue weighted by Crippen LogP contribution is 2.07. The van der Waals surface area contributed by atoms with Gasteiger partial charge in [0, 0.05) is 26.2 Å². The summed E-state index contributed by atoms with van der Waals surface area (Å²) in [6.45, 7) is 6.78. The standard InChI is InChI=1S/C10H23N3/c1-12(8-5-11)9-10-13-6-3-2-4-7-13/h2-11H2,1H3. The minimum absolute atomic E-state index is 0.774. The van der Waals surface area contributed by atoms with Gasteiger partial charge in [0.2, 0.25) is 0 Å². The Bertz CT molecular complexity index is 121. The van der Waals surface area contributed by atoms with Crippen molar-refractivity contribution >= 4 is 0 Å². The van der Waals surface area contributed by atoms with Crippen molar-refractivity contribution in [2.45, 2.75) is 19.3 Å². The van der Waals surface area contributed by atoms with Crippen LogP contribution in [0.2, 0.25) is 0 Å². The zero-order valence-corrected chi connectivity index (χ0v) is 8.84. The van der Waals surface area contributed by atoms with E-state index in [0.717, 1.165) is 19.6 Å². The van der Waals surface area contributed by atoms with E-state index < -0.39 is 0 Å². The maximum Gasteiger partial charge on any atom is 0.0109 e. The fourth-order valence-corrected chi connectivity index (χ4v) is 1.83. The molecule has 0 saturated carbocycles. The number of nitrogens with zero attached hydrogens (tertiary/aromatic N) is 2. The monoisotopic (exact) mass is 185 g/mol. The van der Waals surface area contributed by atoms with Crippen LogP contribution in [-0.2, 0) is 0 Å². The highest BCUT2D eigenvalue weighted by Gasteiger charge is 2.09. The molecule has 3 heteroatoms. The van der Waals surface area contributed by atoms with Crippen molar-refractivity contribution in [1.82, 2.24) is 9.80 Å². The number of hydrogen-bond acceptors (Lipinski definition) is 3. The lowest BCUT2D eigenvalue weighted by molar-refractivity contribution is 0.198. The third-order valence-electron chi connectivity index (χ3n) is 2.76. The molecule has 1 aliphatic rings. The second-order valence-electron chi connectivity index (χ2n) is 3.99. The van der Waals surface area contributed by atoms with Crippen molar-refractivity contribution < 1.29 is 0 Å². The van der Waals surface area contributed by atoms with Crippen molar-refractivity contribution in [3.05, 3.63) is 0 Å². The summed E-state index contributed by atoms with van der Waals surface area (Å²) in [5.41, 5.74) is 5.48. The van der Waals surface area contributed by atoms with E-state index in [2.05, 4.69) is 16.8 Å². The van der Waals surface area contributed by atoms with Crippen LogP contribution in [0.3, 0.4) is 0 Å². The largest absolute Gasteiger partial charge is 0.329 e. The maximum atomic E-state index is 5.48. The van der Waals surface area contributed by atoms with Crippen molar-refractivity contribution in [2.75, 3.05) is 46.3 Å². The molecule has 0 aromatic heterocycles. The summed E-state index contributed by atoms with van der Waals surface area (Å²) in [6, 6.07) is 0. The van der Waals surface area contributed by atoms with Crippen LogP contribution in [0.15, 0.2) is 0 Å². The lowest BCUT2D eigenvalue weighted by atomic mass is 10.1. The lowest BCUT2D eigenvalue weighted by Gasteiger charge is -2.28. The normalized spacial score (nSPS) is 19.6. The van der Waals surface area contributed by atoms with E-state index in [9.17, 15) is 0 Å². The predicted octanol–water partition coefficient (Wildman–Crippen LogP) is 0.363. The van der Waals surface area contributed by atoms with Gasteiger partial charge in [-0.1, -0.05) is 6.42 Å².